The average Bonchev–Trinajstić information content (AvgIpc) is 3.09. The summed E-state index contributed by atoms with van der Waals surface area (Å²) in [7, 11) is -3.66. The maximum atomic E-state index is 12.8. The molecule has 1 N–H and O–H groups in total. The summed E-state index contributed by atoms with van der Waals surface area (Å²) in [4.78, 5) is 12.7. The van der Waals surface area contributed by atoms with Gasteiger partial charge in [-0.15, -0.1) is 10.2 Å². The molecule has 11 heteroatoms. The first-order chi connectivity index (χ1) is 12.9. The van der Waals surface area contributed by atoms with E-state index in [1.54, 1.807) is 23.9 Å². The van der Waals surface area contributed by atoms with Crippen molar-refractivity contribution in [1.29, 1.82) is 0 Å². The SMILES string of the molecule is CCSc1nnc(NC(=O)[C@H]2CCCN(S(=O)(=O)c3ccc(Cl)cc3)C2)s1. The predicted molar refractivity (Wildman–Crippen MR) is 108 cm³/mol. The summed E-state index contributed by atoms with van der Waals surface area (Å²) in [6, 6.07) is 6.05. The predicted octanol–water partition coefficient (Wildman–Crippen LogP) is 3.34. The van der Waals surface area contributed by atoms with Crippen LogP contribution in [0.2, 0.25) is 5.02 Å². The number of thioether (sulfide) groups is 1. The number of hydrogen-bond acceptors (Lipinski definition) is 7. The maximum absolute atomic E-state index is 12.8. The first-order valence-corrected chi connectivity index (χ1v) is 12.0. The molecule has 1 aliphatic heterocycles. The van der Waals surface area contributed by atoms with Gasteiger partial charge in [-0.2, -0.15) is 4.31 Å². The molecule has 146 valence electrons. The first-order valence-electron chi connectivity index (χ1n) is 8.43. The summed E-state index contributed by atoms with van der Waals surface area (Å²) in [6.07, 6.45) is 1.26. The highest BCUT2D eigenvalue weighted by atomic mass is 35.5. The minimum absolute atomic E-state index is 0.145. The molecule has 0 aliphatic carbocycles. The van der Waals surface area contributed by atoms with E-state index < -0.39 is 15.9 Å². The normalized spacial score (nSPS) is 18.4. The van der Waals surface area contributed by atoms with Crippen LogP contribution in [0.15, 0.2) is 33.5 Å². The van der Waals surface area contributed by atoms with E-state index in [1.807, 2.05) is 6.92 Å². The Hall–Kier alpha value is -1.20. The van der Waals surface area contributed by atoms with Crippen molar-refractivity contribution in [2.75, 3.05) is 24.2 Å². The third-order valence-electron chi connectivity index (χ3n) is 4.11. The third kappa shape index (κ3) is 5.00. The highest BCUT2D eigenvalue weighted by molar-refractivity contribution is 8.01. The van der Waals surface area contributed by atoms with Crippen LogP contribution in [0.5, 0.6) is 0 Å². The number of nitrogens with one attached hydrogen (secondary N) is 1. The molecule has 0 unspecified atom stereocenters. The molecule has 1 aliphatic rings. The van der Waals surface area contributed by atoms with Crippen molar-refractivity contribution < 1.29 is 13.2 Å². The number of rotatable bonds is 6. The second kappa shape index (κ2) is 8.87. The summed E-state index contributed by atoms with van der Waals surface area (Å²) in [5, 5.41) is 11.6. The number of aromatic nitrogens is 2. The topological polar surface area (TPSA) is 92.3 Å². The lowest BCUT2D eigenvalue weighted by Crippen LogP contribution is -2.43. The molecule has 0 radical (unpaired) electrons. The molecule has 1 saturated heterocycles. The van der Waals surface area contributed by atoms with Gasteiger partial charge < -0.3 is 5.32 Å². The van der Waals surface area contributed by atoms with Gasteiger partial charge in [0.15, 0.2) is 4.34 Å². The summed E-state index contributed by atoms with van der Waals surface area (Å²) >= 11 is 8.71. The lowest BCUT2D eigenvalue weighted by molar-refractivity contribution is -0.120. The van der Waals surface area contributed by atoms with Gasteiger partial charge in [-0.25, -0.2) is 8.42 Å². The highest BCUT2D eigenvalue weighted by Gasteiger charge is 2.33. The zero-order valence-electron chi connectivity index (χ0n) is 14.6. The highest BCUT2D eigenvalue weighted by Crippen LogP contribution is 2.28. The Morgan fingerprint density at radius 3 is 2.81 bits per heavy atom. The molecule has 2 aromatic rings. The minimum Gasteiger partial charge on any atom is -0.300 e. The van der Waals surface area contributed by atoms with Crippen LogP contribution in [0.1, 0.15) is 19.8 Å². The van der Waals surface area contributed by atoms with E-state index >= 15 is 0 Å². The molecule has 0 spiro atoms. The molecule has 1 fully saturated rings. The van der Waals surface area contributed by atoms with Crippen molar-refractivity contribution >= 4 is 55.8 Å². The van der Waals surface area contributed by atoms with Crippen LogP contribution in [0, 0.1) is 5.92 Å². The van der Waals surface area contributed by atoms with Gasteiger partial charge >= 0.3 is 0 Å². The zero-order valence-corrected chi connectivity index (χ0v) is 17.8. The van der Waals surface area contributed by atoms with Gasteiger partial charge in [-0.05, 0) is 42.9 Å². The second-order valence-corrected chi connectivity index (χ2v) is 10.8. The van der Waals surface area contributed by atoms with Crippen LogP contribution in [-0.4, -0.2) is 47.7 Å². The summed E-state index contributed by atoms with van der Waals surface area (Å²) in [5.41, 5.74) is 0. The van der Waals surface area contributed by atoms with E-state index in [0.29, 0.717) is 29.5 Å². The summed E-state index contributed by atoms with van der Waals surface area (Å²) in [5.74, 6) is 0.227. The molecule has 1 aromatic heterocycles. The molecule has 2 heterocycles. The molecule has 1 aromatic carbocycles. The molecule has 0 bridgehead atoms. The number of amides is 1. The third-order valence-corrected chi connectivity index (χ3v) is 8.10. The first kappa shape index (κ1) is 20.5. The van der Waals surface area contributed by atoms with Crippen LogP contribution in [0.3, 0.4) is 0 Å². The van der Waals surface area contributed by atoms with Gasteiger partial charge in [0.1, 0.15) is 0 Å². The monoisotopic (exact) mass is 446 g/mol. The largest absolute Gasteiger partial charge is 0.300 e. The fraction of sp³-hybridized carbons (Fsp3) is 0.438. The molecule has 27 heavy (non-hydrogen) atoms. The van der Waals surface area contributed by atoms with Crippen LogP contribution in [-0.2, 0) is 14.8 Å². The lowest BCUT2D eigenvalue weighted by Gasteiger charge is -2.31. The number of benzene rings is 1. The standard InChI is InChI=1S/C16H19ClN4O3S3/c1-2-25-16-20-19-15(26-16)18-14(22)11-4-3-9-21(10-11)27(23,24)13-7-5-12(17)6-8-13/h5-8,11H,2-4,9-10H2,1H3,(H,18,19,22)/t11-/m0/s1. The number of hydrogen-bond donors (Lipinski definition) is 1. The smallest absolute Gasteiger partial charge is 0.243 e. The quantitative estimate of drug-likeness (QED) is 0.540. The number of carbonyl (C=O) groups excluding carboxylic acids is 1. The Labute approximate surface area is 171 Å². The number of halogens is 1. The van der Waals surface area contributed by atoms with Crippen LogP contribution in [0.25, 0.3) is 0 Å². The van der Waals surface area contributed by atoms with Gasteiger partial charge in [0.05, 0.1) is 10.8 Å². The van der Waals surface area contributed by atoms with E-state index in [2.05, 4.69) is 15.5 Å². The van der Waals surface area contributed by atoms with Gasteiger partial charge in [-0.1, -0.05) is 41.6 Å². The van der Waals surface area contributed by atoms with Crippen molar-refractivity contribution in [3.8, 4) is 0 Å². The number of anilines is 1. The van der Waals surface area contributed by atoms with Crippen LogP contribution >= 0.6 is 34.7 Å². The van der Waals surface area contributed by atoms with Crippen LogP contribution in [0.4, 0.5) is 5.13 Å². The van der Waals surface area contributed by atoms with Gasteiger partial charge in [-0.3, -0.25) is 4.79 Å². The Balaban J connectivity index is 1.67. The molecule has 1 amide bonds. The Morgan fingerprint density at radius 2 is 2.11 bits per heavy atom. The Kier molecular flexibility index (Phi) is 6.74. The summed E-state index contributed by atoms with van der Waals surface area (Å²) in [6.45, 7) is 2.55. The summed E-state index contributed by atoms with van der Waals surface area (Å²) < 4.78 is 27.8. The minimum atomic E-state index is -3.66. The van der Waals surface area contributed by atoms with E-state index in [4.69, 9.17) is 11.6 Å². The zero-order chi connectivity index (χ0) is 19.4. The number of sulfonamides is 1. The molecule has 1 atom stereocenters. The van der Waals surface area contributed by atoms with Crippen molar-refractivity contribution in [1.82, 2.24) is 14.5 Å². The van der Waals surface area contributed by atoms with Crippen LogP contribution < -0.4 is 5.32 Å². The second-order valence-electron chi connectivity index (χ2n) is 5.95. The van der Waals surface area contributed by atoms with Crippen molar-refractivity contribution in [2.24, 2.45) is 5.92 Å². The van der Waals surface area contributed by atoms with E-state index in [9.17, 15) is 13.2 Å². The number of piperidine rings is 1. The van der Waals surface area contributed by atoms with Crippen molar-refractivity contribution in [3.63, 3.8) is 0 Å². The molecular formula is C16H19ClN4O3S3. The van der Waals surface area contributed by atoms with E-state index in [-0.39, 0.29) is 17.3 Å². The lowest BCUT2D eigenvalue weighted by atomic mass is 9.99. The number of carbonyl (C=O) groups is 1. The Morgan fingerprint density at radius 1 is 1.37 bits per heavy atom. The molecule has 0 saturated carbocycles. The molecule has 7 nitrogen and oxygen atoms in total. The van der Waals surface area contributed by atoms with Gasteiger partial charge in [0.25, 0.3) is 0 Å². The molecular weight excluding hydrogens is 428 g/mol. The van der Waals surface area contributed by atoms with Crippen molar-refractivity contribution in [2.45, 2.75) is 29.0 Å². The van der Waals surface area contributed by atoms with Crippen molar-refractivity contribution in [3.05, 3.63) is 29.3 Å². The van der Waals surface area contributed by atoms with E-state index in [1.165, 1.54) is 27.8 Å². The van der Waals surface area contributed by atoms with E-state index in [0.717, 1.165) is 10.1 Å². The average molecular weight is 447 g/mol. The maximum Gasteiger partial charge on any atom is 0.243 e. The molecule has 3 rings (SSSR count). The fourth-order valence-electron chi connectivity index (χ4n) is 2.78. The van der Waals surface area contributed by atoms with Gasteiger partial charge in [0, 0.05) is 18.1 Å². The van der Waals surface area contributed by atoms with Gasteiger partial charge in [0.2, 0.25) is 21.1 Å². The fourth-order valence-corrected chi connectivity index (χ4v) is 6.08. The number of nitrogens with zero attached hydrogens (tertiary/aromatic N) is 3. The Bertz CT molecular complexity index is 902.